The second-order valence-electron chi connectivity index (χ2n) is 5.52. The van der Waals surface area contributed by atoms with Gasteiger partial charge in [0.25, 0.3) is 5.56 Å². The monoisotopic (exact) mass is 352 g/mol. The molecule has 2 heterocycles. The van der Waals surface area contributed by atoms with Crippen LogP contribution in [0.25, 0.3) is 21.3 Å². The summed E-state index contributed by atoms with van der Waals surface area (Å²) in [6, 6.07) is 11.7. The first kappa shape index (κ1) is 16.9. The van der Waals surface area contributed by atoms with Gasteiger partial charge in [-0.15, -0.1) is 11.3 Å². The molecule has 0 saturated heterocycles. The third-order valence-electron chi connectivity index (χ3n) is 3.79. The molecule has 0 aliphatic heterocycles. The molecule has 1 aromatic carbocycles. The van der Waals surface area contributed by atoms with E-state index in [0.29, 0.717) is 10.2 Å². The van der Waals surface area contributed by atoms with Crippen LogP contribution in [0.2, 0.25) is 0 Å². The van der Waals surface area contributed by atoms with Crippen molar-refractivity contribution in [2.24, 2.45) is 0 Å². The predicted molar refractivity (Wildman–Crippen MR) is 97.3 cm³/mol. The molecule has 0 fully saturated rings. The normalized spacial score (nSPS) is 10.6. The van der Waals surface area contributed by atoms with Crippen molar-refractivity contribution >= 4 is 27.5 Å². The molecule has 25 heavy (non-hydrogen) atoms. The number of nitriles is 1. The minimum Gasteiger partial charge on any atom is -0.354 e. The topological polar surface area (TPSA) is 87.8 Å². The maximum atomic E-state index is 12.9. The molecule has 0 saturated carbocycles. The van der Waals surface area contributed by atoms with E-state index in [2.05, 4.69) is 10.3 Å². The van der Waals surface area contributed by atoms with Crippen LogP contribution in [-0.2, 0) is 11.3 Å². The summed E-state index contributed by atoms with van der Waals surface area (Å²) in [5, 5.41) is 11.7. The van der Waals surface area contributed by atoms with E-state index in [9.17, 15) is 9.59 Å². The van der Waals surface area contributed by atoms with Gasteiger partial charge in [-0.2, -0.15) is 5.26 Å². The fourth-order valence-electron chi connectivity index (χ4n) is 2.67. The molecule has 1 amide bonds. The molecule has 2 aromatic heterocycles. The van der Waals surface area contributed by atoms with Gasteiger partial charge < -0.3 is 5.32 Å². The van der Waals surface area contributed by atoms with E-state index in [-0.39, 0.29) is 31.0 Å². The number of amides is 1. The Hall–Kier alpha value is -2.98. The first-order valence-electron chi connectivity index (χ1n) is 7.79. The molecule has 0 aliphatic carbocycles. The SMILES string of the molecule is Cc1sc2ncn(CC(=O)NCCC#N)c(=O)c2c1-c1ccccc1. The van der Waals surface area contributed by atoms with Crippen LogP contribution in [0.3, 0.4) is 0 Å². The number of fused-ring (bicyclic) bond motifs is 1. The lowest BCUT2D eigenvalue weighted by atomic mass is 10.0. The zero-order valence-electron chi connectivity index (χ0n) is 13.7. The second kappa shape index (κ2) is 7.28. The van der Waals surface area contributed by atoms with Gasteiger partial charge in [-0.05, 0) is 12.5 Å². The van der Waals surface area contributed by atoms with Crippen molar-refractivity contribution in [2.75, 3.05) is 6.54 Å². The van der Waals surface area contributed by atoms with Gasteiger partial charge in [-0.25, -0.2) is 4.98 Å². The number of thiophene rings is 1. The van der Waals surface area contributed by atoms with Crippen LogP contribution in [0.4, 0.5) is 0 Å². The maximum Gasteiger partial charge on any atom is 0.263 e. The summed E-state index contributed by atoms with van der Waals surface area (Å²) < 4.78 is 1.31. The summed E-state index contributed by atoms with van der Waals surface area (Å²) in [6.45, 7) is 2.12. The molecule has 126 valence electrons. The van der Waals surface area contributed by atoms with Gasteiger partial charge >= 0.3 is 0 Å². The van der Waals surface area contributed by atoms with Gasteiger partial charge in [0, 0.05) is 17.0 Å². The summed E-state index contributed by atoms with van der Waals surface area (Å²) in [5.74, 6) is -0.313. The molecule has 1 N–H and O–H groups in total. The predicted octanol–water partition coefficient (Wildman–Crippen LogP) is 2.46. The molecular weight excluding hydrogens is 336 g/mol. The summed E-state index contributed by atoms with van der Waals surface area (Å²) in [5.41, 5.74) is 1.60. The average Bonchev–Trinajstić information content (AvgIpc) is 2.95. The van der Waals surface area contributed by atoms with Crippen molar-refractivity contribution in [3.8, 4) is 17.2 Å². The third kappa shape index (κ3) is 3.44. The van der Waals surface area contributed by atoms with Crippen LogP contribution in [0.1, 0.15) is 11.3 Å². The van der Waals surface area contributed by atoms with Crippen LogP contribution >= 0.6 is 11.3 Å². The van der Waals surface area contributed by atoms with Crippen LogP contribution in [-0.4, -0.2) is 22.0 Å². The Balaban J connectivity index is 2.01. The highest BCUT2D eigenvalue weighted by molar-refractivity contribution is 7.19. The Morgan fingerprint density at radius 1 is 1.36 bits per heavy atom. The summed E-state index contributed by atoms with van der Waals surface area (Å²) in [6.07, 6.45) is 1.64. The number of rotatable bonds is 5. The highest BCUT2D eigenvalue weighted by Crippen LogP contribution is 2.35. The van der Waals surface area contributed by atoms with Gasteiger partial charge in [0.05, 0.1) is 24.2 Å². The van der Waals surface area contributed by atoms with Crippen molar-refractivity contribution in [3.63, 3.8) is 0 Å². The summed E-state index contributed by atoms with van der Waals surface area (Å²) in [7, 11) is 0. The van der Waals surface area contributed by atoms with E-state index < -0.39 is 0 Å². The summed E-state index contributed by atoms with van der Waals surface area (Å²) in [4.78, 5) is 30.9. The average molecular weight is 352 g/mol. The molecule has 6 nitrogen and oxygen atoms in total. The lowest BCUT2D eigenvalue weighted by molar-refractivity contribution is -0.121. The zero-order valence-corrected chi connectivity index (χ0v) is 14.5. The Morgan fingerprint density at radius 3 is 2.84 bits per heavy atom. The first-order valence-corrected chi connectivity index (χ1v) is 8.61. The molecule has 0 spiro atoms. The van der Waals surface area contributed by atoms with Crippen molar-refractivity contribution in [3.05, 3.63) is 51.9 Å². The van der Waals surface area contributed by atoms with Crippen molar-refractivity contribution in [1.29, 1.82) is 5.26 Å². The number of hydrogen-bond donors (Lipinski definition) is 1. The number of carbonyl (C=O) groups is 1. The Labute approximate surface area is 148 Å². The quantitative estimate of drug-likeness (QED) is 0.715. The number of aromatic nitrogens is 2. The Morgan fingerprint density at radius 2 is 2.12 bits per heavy atom. The molecule has 7 heteroatoms. The number of benzene rings is 1. The molecule has 3 aromatic rings. The largest absolute Gasteiger partial charge is 0.354 e. The van der Waals surface area contributed by atoms with Gasteiger partial charge in [0.15, 0.2) is 0 Å². The number of nitrogens with one attached hydrogen (secondary N) is 1. The third-order valence-corrected chi connectivity index (χ3v) is 4.80. The molecule has 0 atom stereocenters. The molecule has 0 bridgehead atoms. The number of aryl methyl sites for hydroxylation is 1. The Kier molecular flexibility index (Phi) is 4.91. The smallest absolute Gasteiger partial charge is 0.263 e. The second-order valence-corrected chi connectivity index (χ2v) is 6.72. The van der Waals surface area contributed by atoms with Crippen molar-refractivity contribution in [2.45, 2.75) is 19.9 Å². The minimum absolute atomic E-state index is 0.115. The molecule has 3 rings (SSSR count). The van der Waals surface area contributed by atoms with Crippen LogP contribution in [0.15, 0.2) is 41.5 Å². The highest BCUT2D eigenvalue weighted by atomic mass is 32.1. The van der Waals surface area contributed by atoms with E-state index in [1.165, 1.54) is 22.2 Å². The highest BCUT2D eigenvalue weighted by Gasteiger charge is 2.17. The van der Waals surface area contributed by atoms with E-state index in [4.69, 9.17) is 5.26 Å². The number of hydrogen-bond acceptors (Lipinski definition) is 5. The van der Waals surface area contributed by atoms with Crippen LogP contribution in [0, 0.1) is 18.3 Å². The Bertz CT molecular complexity index is 1020. The standard InChI is InChI=1S/C18H16N4O2S/c1-12-15(13-6-3-2-4-7-13)16-17(25-12)21-11-22(18(16)24)10-14(23)20-9-5-8-19/h2-4,6-7,11H,5,9-10H2,1H3,(H,20,23). The molecule has 0 radical (unpaired) electrons. The van der Waals surface area contributed by atoms with Gasteiger partial charge in [0.2, 0.25) is 5.91 Å². The first-order chi connectivity index (χ1) is 12.1. The van der Waals surface area contributed by atoms with Gasteiger partial charge in [0.1, 0.15) is 11.4 Å². The van der Waals surface area contributed by atoms with E-state index in [1.807, 2.05) is 43.3 Å². The van der Waals surface area contributed by atoms with Crippen LogP contribution < -0.4 is 10.9 Å². The van der Waals surface area contributed by atoms with E-state index in [0.717, 1.165) is 16.0 Å². The maximum absolute atomic E-state index is 12.9. The minimum atomic E-state index is -0.313. The van der Waals surface area contributed by atoms with Gasteiger partial charge in [-0.1, -0.05) is 30.3 Å². The lowest BCUT2D eigenvalue weighted by Crippen LogP contribution is -2.32. The lowest BCUT2D eigenvalue weighted by Gasteiger charge is -2.07. The number of nitrogens with zero attached hydrogens (tertiary/aromatic N) is 3. The van der Waals surface area contributed by atoms with Gasteiger partial charge in [-0.3, -0.25) is 14.2 Å². The molecule has 0 aliphatic rings. The van der Waals surface area contributed by atoms with E-state index in [1.54, 1.807) is 0 Å². The van der Waals surface area contributed by atoms with Crippen LogP contribution in [0.5, 0.6) is 0 Å². The van der Waals surface area contributed by atoms with Crippen molar-refractivity contribution < 1.29 is 4.79 Å². The zero-order chi connectivity index (χ0) is 17.8. The van der Waals surface area contributed by atoms with Crippen molar-refractivity contribution in [1.82, 2.24) is 14.9 Å². The molecular formula is C18H16N4O2S. The van der Waals surface area contributed by atoms with E-state index >= 15 is 0 Å². The fourth-order valence-corrected chi connectivity index (χ4v) is 3.67. The number of carbonyl (C=O) groups excluding carboxylic acids is 1. The molecule has 0 unspecified atom stereocenters. The summed E-state index contributed by atoms with van der Waals surface area (Å²) >= 11 is 1.47. The fraction of sp³-hybridized carbons (Fsp3) is 0.222.